The summed E-state index contributed by atoms with van der Waals surface area (Å²) in [6.45, 7) is 1.96. The topological polar surface area (TPSA) is 99.0 Å². The van der Waals surface area contributed by atoms with Gasteiger partial charge in [0, 0.05) is 11.3 Å². The maximum Gasteiger partial charge on any atom is 0.339 e. The Morgan fingerprint density at radius 1 is 0.935 bits per heavy atom. The molecule has 154 valence electrons. The largest absolute Gasteiger partial charge is 0.444 e. The number of amides is 1. The summed E-state index contributed by atoms with van der Waals surface area (Å²) in [5, 5.41) is 13.8. The van der Waals surface area contributed by atoms with E-state index in [1.165, 1.54) is 11.0 Å². The first-order chi connectivity index (χ1) is 15.1. The minimum Gasteiger partial charge on any atom is -0.444 e. The van der Waals surface area contributed by atoms with Gasteiger partial charge in [-0.15, -0.1) is 5.10 Å². The monoisotopic (exact) mass is 413 g/mol. The highest BCUT2D eigenvalue weighted by Crippen LogP contribution is 2.22. The van der Waals surface area contributed by atoms with E-state index in [1.807, 2.05) is 25.1 Å². The van der Waals surface area contributed by atoms with Gasteiger partial charge in [-0.25, -0.2) is 9.48 Å². The summed E-state index contributed by atoms with van der Waals surface area (Å²) < 4.78 is 7.08. The van der Waals surface area contributed by atoms with Gasteiger partial charge in [0.15, 0.2) is 0 Å². The third-order valence-corrected chi connectivity index (χ3v) is 4.60. The zero-order valence-electron chi connectivity index (χ0n) is 16.7. The normalized spacial score (nSPS) is 11.5. The number of rotatable bonds is 6. The molecule has 0 spiro atoms. The van der Waals surface area contributed by atoms with E-state index in [1.54, 1.807) is 60.7 Å². The Labute approximate surface area is 178 Å². The summed E-state index contributed by atoms with van der Waals surface area (Å²) in [5.74, 6) is -1.05. The van der Waals surface area contributed by atoms with Gasteiger partial charge in [0.05, 0.1) is 11.3 Å². The van der Waals surface area contributed by atoms with Gasteiger partial charge in [-0.05, 0) is 53.7 Å². The van der Waals surface area contributed by atoms with E-state index in [4.69, 9.17) is 4.74 Å². The molecule has 1 aromatic heterocycles. The number of carbonyl (C=O) groups excluding carboxylic acids is 2. The van der Waals surface area contributed by atoms with Crippen LogP contribution in [-0.2, 0) is 9.53 Å². The van der Waals surface area contributed by atoms with Crippen molar-refractivity contribution in [3.05, 3.63) is 102 Å². The molecule has 4 rings (SSSR count). The molecule has 3 aromatic carbocycles. The molecule has 0 aliphatic rings. The van der Waals surface area contributed by atoms with E-state index in [9.17, 15) is 9.59 Å². The fourth-order valence-corrected chi connectivity index (χ4v) is 2.95. The third-order valence-electron chi connectivity index (χ3n) is 4.60. The standard InChI is InChI=1S/C23H19N5O3/c1-16-7-11-19(12-8-16)25-22(29)21(17-5-3-2-4-6-17)31-23(30)18-9-13-20(14-10-18)28-15-24-26-27-28/h2-15,21H,1H3,(H,25,29)/t21-/m0/s1. The van der Waals surface area contributed by atoms with Gasteiger partial charge in [-0.3, -0.25) is 4.79 Å². The highest BCUT2D eigenvalue weighted by molar-refractivity contribution is 5.98. The average molecular weight is 413 g/mol. The number of esters is 1. The lowest BCUT2D eigenvalue weighted by Crippen LogP contribution is -2.26. The van der Waals surface area contributed by atoms with E-state index in [0.717, 1.165) is 5.56 Å². The number of aromatic nitrogens is 4. The van der Waals surface area contributed by atoms with E-state index >= 15 is 0 Å². The smallest absolute Gasteiger partial charge is 0.339 e. The molecule has 0 saturated carbocycles. The number of hydrogen-bond acceptors (Lipinski definition) is 6. The second-order valence-corrected chi connectivity index (χ2v) is 6.85. The SMILES string of the molecule is Cc1ccc(NC(=O)[C@@H](OC(=O)c2ccc(-n3cnnn3)cc2)c2ccccc2)cc1. The maximum absolute atomic E-state index is 13.0. The first-order valence-corrected chi connectivity index (χ1v) is 9.57. The van der Waals surface area contributed by atoms with Gasteiger partial charge >= 0.3 is 5.97 Å². The minimum absolute atomic E-state index is 0.306. The van der Waals surface area contributed by atoms with E-state index < -0.39 is 18.0 Å². The van der Waals surface area contributed by atoms with E-state index in [-0.39, 0.29) is 0 Å². The number of hydrogen-bond donors (Lipinski definition) is 1. The molecule has 0 saturated heterocycles. The Kier molecular flexibility index (Phi) is 5.79. The van der Waals surface area contributed by atoms with Crippen LogP contribution in [0.3, 0.4) is 0 Å². The van der Waals surface area contributed by atoms with Gasteiger partial charge in [-0.1, -0.05) is 48.0 Å². The molecular formula is C23H19N5O3. The molecule has 8 heteroatoms. The van der Waals surface area contributed by atoms with Crippen LogP contribution in [0.25, 0.3) is 5.69 Å². The molecule has 0 unspecified atom stereocenters. The van der Waals surface area contributed by atoms with Crippen LogP contribution in [0.1, 0.15) is 27.6 Å². The third kappa shape index (κ3) is 4.81. The fraction of sp³-hybridized carbons (Fsp3) is 0.0870. The van der Waals surface area contributed by atoms with Gasteiger partial charge in [-0.2, -0.15) is 0 Å². The molecule has 1 heterocycles. The quantitative estimate of drug-likeness (QED) is 0.486. The van der Waals surface area contributed by atoms with Crippen LogP contribution in [0, 0.1) is 6.92 Å². The van der Waals surface area contributed by atoms with E-state index in [2.05, 4.69) is 20.8 Å². The van der Waals surface area contributed by atoms with Crippen molar-refractivity contribution in [3.63, 3.8) is 0 Å². The molecule has 1 amide bonds. The number of ether oxygens (including phenoxy) is 1. The highest BCUT2D eigenvalue weighted by Gasteiger charge is 2.26. The highest BCUT2D eigenvalue weighted by atomic mass is 16.5. The number of anilines is 1. The summed E-state index contributed by atoms with van der Waals surface area (Å²) in [6, 6.07) is 22.9. The van der Waals surface area contributed by atoms with Gasteiger partial charge in [0.25, 0.3) is 5.91 Å². The van der Waals surface area contributed by atoms with Crippen LogP contribution in [0.2, 0.25) is 0 Å². The number of nitrogens with zero attached hydrogens (tertiary/aromatic N) is 4. The van der Waals surface area contributed by atoms with Crippen molar-refractivity contribution >= 4 is 17.6 Å². The van der Waals surface area contributed by atoms with Gasteiger partial charge in [0.2, 0.25) is 6.10 Å². The number of nitrogens with one attached hydrogen (secondary N) is 1. The molecule has 0 aliphatic carbocycles. The Morgan fingerprint density at radius 2 is 1.65 bits per heavy atom. The molecule has 0 radical (unpaired) electrons. The molecular weight excluding hydrogens is 394 g/mol. The number of aryl methyl sites for hydroxylation is 1. The molecule has 8 nitrogen and oxygen atoms in total. The Balaban J connectivity index is 1.53. The zero-order chi connectivity index (χ0) is 21.6. The predicted octanol–water partition coefficient (Wildman–Crippen LogP) is 3.51. The van der Waals surface area contributed by atoms with Crippen molar-refractivity contribution in [1.29, 1.82) is 0 Å². The lowest BCUT2D eigenvalue weighted by molar-refractivity contribution is -0.125. The van der Waals surface area contributed by atoms with Gasteiger partial charge in [0.1, 0.15) is 6.33 Å². The molecule has 0 fully saturated rings. The summed E-state index contributed by atoms with van der Waals surface area (Å²) in [5.41, 5.74) is 3.28. The molecule has 31 heavy (non-hydrogen) atoms. The Morgan fingerprint density at radius 3 is 2.29 bits per heavy atom. The van der Waals surface area contributed by atoms with Crippen molar-refractivity contribution in [2.24, 2.45) is 0 Å². The summed E-state index contributed by atoms with van der Waals surface area (Å²) in [4.78, 5) is 25.7. The molecule has 4 aromatic rings. The second-order valence-electron chi connectivity index (χ2n) is 6.85. The summed E-state index contributed by atoms with van der Waals surface area (Å²) >= 11 is 0. The first kappa shape index (κ1) is 20.0. The van der Waals surface area contributed by atoms with Crippen LogP contribution in [0.5, 0.6) is 0 Å². The van der Waals surface area contributed by atoms with Crippen LogP contribution in [0.15, 0.2) is 85.2 Å². The van der Waals surface area contributed by atoms with Crippen molar-refractivity contribution in [3.8, 4) is 5.69 Å². The summed E-state index contributed by atoms with van der Waals surface area (Å²) in [7, 11) is 0. The Bertz CT molecular complexity index is 1160. The predicted molar refractivity (Wildman–Crippen MR) is 114 cm³/mol. The van der Waals surface area contributed by atoms with Crippen LogP contribution in [0.4, 0.5) is 5.69 Å². The van der Waals surface area contributed by atoms with Crippen LogP contribution >= 0.6 is 0 Å². The lowest BCUT2D eigenvalue weighted by atomic mass is 10.1. The Hall–Kier alpha value is -4.33. The average Bonchev–Trinajstić information content (AvgIpc) is 3.34. The van der Waals surface area contributed by atoms with Gasteiger partial charge < -0.3 is 10.1 Å². The number of tetrazole rings is 1. The fourth-order valence-electron chi connectivity index (χ4n) is 2.95. The summed E-state index contributed by atoms with van der Waals surface area (Å²) in [6.07, 6.45) is 0.350. The lowest BCUT2D eigenvalue weighted by Gasteiger charge is -2.18. The number of carbonyl (C=O) groups is 2. The first-order valence-electron chi connectivity index (χ1n) is 9.57. The second kappa shape index (κ2) is 9.00. The molecule has 0 aliphatic heterocycles. The van der Waals surface area contributed by atoms with Crippen molar-refractivity contribution < 1.29 is 14.3 Å². The van der Waals surface area contributed by atoms with Crippen molar-refractivity contribution in [2.45, 2.75) is 13.0 Å². The van der Waals surface area contributed by atoms with Crippen LogP contribution < -0.4 is 5.32 Å². The maximum atomic E-state index is 13.0. The minimum atomic E-state index is -1.10. The van der Waals surface area contributed by atoms with E-state index in [0.29, 0.717) is 22.5 Å². The molecule has 1 atom stereocenters. The number of benzene rings is 3. The van der Waals surface area contributed by atoms with Crippen molar-refractivity contribution in [2.75, 3.05) is 5.32 Å². The molecule has 0 bridgehead atoms. The zero-order valence-corrected chi connectivity index (χ0v) is 16.7. The van der Waals surface area contributed by atoms with Crippen molar-refractivity contribution in [1.82, 2.24) is 20.2 Å². The molecule has 1 N–H and O–H groups in total. The van der Waals surface area contributed by atoms with Crippen LogP contribution in [-0.4, -0.2) is 32.1 Å².